The number of hydrogen-bond donors (Lipinski definition) is 2. The second-order valence-corrected chi connectivity index (χ2v) is 9.57. The van der Waals surface area contributed by atoms with Crippen LogP contribution in [0.25, 0.3) is 32.9 Å². The summed E-state index contributed by atoms with van der Waals surface area (Å²) < 4.78 is 20.6. The number of benzene rings is 3. The van der Waals surface area contributed by atoms with Crippen molar-refractivity contribution in [3.05, 3.63) is 79.0 Å². The van der Waals surface area contributed by atoms with Gasteiger partial charge in [0.2, 0.25) is 0 Å². The van der Waals surface area contributed by atoms with Crippen molar-refractivity contribution in [3.63, 3.8) is 0 Å². The van der Waals surface area contributed by atoms with Crippen molar-refractivity contribution in [2.24, 2.45) is 0 Å². The fourth-order valence-corrected chi connectivity index (χ4v) is 5.78. The number of aromatic nitrogens is 3. The van der Waals surface area contributed by atoms with Gasteiger partial charge in [-0.05, 0) is 59.3 Å². The van der Waals surface area contributed by atoms with Crippen molar-refractivity contribution < 1.29 is 4.39 Å². The molecule has 1 saturated carbocycles. The van der Waals surface area contributed by atoms with Crippen LogP contribution >= 0.6 is 11.9 Å². The first-order valence-electron chi connectivity index (χ1n) is 11.5. The highest BCUT2D eigenvalue weighted by Crippen LogP contribution is 2.39. The van der Waals surface area contributed by atoms with Crippen molar-refractivity contribution in [1.82, 2.24) is 14.5 Å². The monoisotopic (exact) mass is 469 g/mol. The van der Waals surface area contributed by atoms with E-state index in [1.165, 1.54) is 31.1 Å². The van der Waals surface area contributed by atoms with Gasteiger partial charge in [0.05, 0.1) is 11.1 Å². The first kappa shape index (κ1) is 21.0. The molecule has 6 rings (SSSR count). The van der Waals surface area contributed by atoms with Gasteiger partial charge in [-0.1, -0.05) is 55.3 Å². The van der Waals surface area contributed by atoms with E-state index in [-0.39, 0.29) is 5.82 Å². The Hall–Kier alpha value is -3.58. The van der Waals surface area contributed by atoms with Gasteiger partial charge in [-0.3, -0.25) is 0 Å². The Labute approximate surface area is 201 Å². The lowest BCUT2D eigenvalue weighted by atomic mass is 10.1. The van der Waals surface area contributed by atoms with E-state index < -0.39 is 0 Å². The number of fused-ring (bicyclic) bond motifs is 2. The Morgan fingerprint density at radius 2 is 1.82 bits per heavy atom. The van der Waals surface area contributed by atoms with Gasteiger partial charge in [0.1, 0.15) is 23.6 Å². The molecule has 5 aromatic rings. The predicted octanol–water partition coefficient (Wildman–Crippen LogP) is 7.21. The largest absolute Gasteiger partial charge is 0.383 e. The van der Waals surface area contributed by atoms with Crippen LogP contribution in [-0.4, -0.2) is 14.5 Å². The van der Waals surface area contributed by atoms with E-state index in [1.54, 1.807) is 12.1 Å². The van der Waals surface area contributed by atoms with E-state index in [9.17, 15) is 0 Å². The number of nitrogen functional groups attached to an aromatic ring is 1. The molecule has 1 fully saturated rings. The summed E-state index contributed by atoms with van der Waals surface area (Å²) in [6.07, 6.45) is 8.24. The van der Waals surface area contributed by atoms with Crippen molar-refractivity contribution >= 4 is 45.3 Å². The molecule has 3 N–H and O–H groups in total. The molecule has 34 heavy (non-hydrogen) atoms. The number of rotatable bonds is 5. The van der Waals surface area contributed by atoms with Crippen LogP contribution < -0.4 is 10.5 Å². The maximum Gasteiger partial charge on any atom is 0.147 e. The molecule has 0 unspecified atom stereocenters. The molecule has 0 radical (unpaired) electrons. The van der Waals surface area contributed by atoms with E-state index in [2.05, 4.69) is 43.7 Å². The molecule has 0 amide bonds. The molecule has 0 saturated heterocycles. The van der Waals surface area contributed by atoms with Crippen LogP contribution in [0.15, 0.2) is 78.1 Å². The first-order chi connectivity index (χ1) is 16.7. The molecule has 2 aromatic heterocycles. The third-order valence-electron chi connectivity index (χ3n) is 6.66. The zero-order valence-corrected chi connectivity index (χ0v) is 19.4. The summed E-state index contributed by atoms with van der Waals surface area (Å²) in [5, 5.41) is 3.08. The van der Waals surface area contributed by atoms with Crippen LogP contribution in [0.5, 0.6) is 0 Å². The van der Waals surface area contributed by atoms with Crippen LogP contribution in [0.2, 0.25) is 0 Å². The lowest BCUT2D eigenvalue weighted by Gasteiger charge is -2.12. The molecule has 0 aliphatic heterocycles. The molecular weight excluding hydrogens is 445 g/mol. The molecule has 3 aromatic carbocycles. The van der Waals surface area contributed by atoms with Gasteiger partial charge in [-0.15, -0.1) is 0 Å². The van der Waals surface area contributed by atoms with Crippen LogP contribution in [0.3, 0.4) is 0 Å². The van der Waals surface area contributed by atoms with Crippen LogP contribution in [-0.2, 0) is 0 Å². The minimum atomic E-state index is -0.317. The van der Waals surface area contributed by atoms with Crippen LogP contribution in [0.4, 0.5) is 15.9 Å². The zero-order chi connectivity index (χ0) is 23.1. The number of hydrogen-bond acceptors (Lipinski definition) is 5. The summed E-state index contributed by atoms with van der Waals surface area (Å²) in [7, 11) is 0. The topological polar surface area (TPSA) is 68.8 Å². The van der Waals surface area contributed by atoms with Gasteiger partial charge < -0.3 is 15.0 Å². The standard InChI is InChI=1S/C27H24FN5S/c28-22-14-18(12-13-23(22)32-34-24-11-5-7-17-6-1-4-10-20(17)24)21-15-33(19-8-2-3-9-19)27-25(21)26(29)30-16-31-27/h1,4-7,10-16,19,32H,2-3,8-9H2,(H2,29,30,31). The van der Waals surface area contributed by atoms with E-state index >= 15 is 4.39 Å². The summed E-state index contributed by atoms with van der Waals surface area (Å²) >= 11 is 1.41. The first-order valence-corrected chi connectivity index (χ1v) is 12.3. The van der Waals surface area contributed by atoms with Crippen molar-refractivity contribution in [2.45, 2.75) is 36.6 Å². The second-order valence-electron chi connectivity index (χ2n) is 8.72. The minimum absolute atomic E-state index is 0.317. The molecule has 7 heteroatoms. The van der Waals surface area contributed by atoms with E-state index in [0.717, 1.165) is 50.7 Å². The SMILES string of the molecule is Nc1ncnc2c1c(-c1ccc(NSc3cccc4ccccc34)c(F)c1)cn2C1CCCC1. The summed E-state index contributed by atoms with van der Waals surface area (Å²) in [5.41, 5.74) is 9.15. The Morgan fingerprint density at radius 1 is 1.00 bits per heavy atom. The fraction of sp³-hybridized carbons (Fsp3) is 0.185. The predicted molar refractivity (Wildman–Crippen MR) is 138 cm³/mol. The van der Waals surface area contributed by atoms with Gasteiger partial charge in [0.25, 0.3) is 0 Å². The summed E-state index contributed by atoms with van der Waals surface area (Å²) in [5.74, 6) is 0.105. The molecule has 1 aliphatic rings. The molecule has 0 bridgehead atoms. The molecule has 5 nitrogen and oxygen atoms in total. The molecule has 0 spiro atoms. The van der Waals surface area contributed by atoms with E-state index in [1.807, 2.05) is 30.3 Å². The number of nitrogens with one attached hydrogen (secondary N) is 1. The molecular formula is C27H24FN5S. The maximum absolute atomic E-state index is 15.2. The third-order valence-corrected chi connectivity index (χ3v) is 7.56. The zero-order valence-electron chi connectivity index (χ0n) is 18.5. The summed E-state index contributed by atoms with van der Waals surface area (Å²) in [6, 6.07) is 20.0. The highest BCUT2D eigenvalue weighted by molar-refractivity contribution is 8.00. The van der Waals surface area contributed by atoms with Crippen LogP contribution in [0.1, 0.15) is 31.7 Å². The van der Waals surface area contributed by atoms with Crippen molar-refractivity contribution in [3.8, 4) is 11.1 Å². The number of anilines is 2. The summed E-state index contributed by atoms with van der Waals surface area (Å²) in [4.78, 5) is 9.78. The number of nitrogens with two attached hydrogens (primary N) is 1. The fourth-order valence-electron chi connectivity index (χ4n) is 4.95. The van der Waals surface area contributed by atoms with Gasteiger partial charge in [0, 0.05) is 22.7 Å². The molecule has 170 valence electrons. The highest BCUT2D eigenvalue weighted by Gasteiger charge is 2.23. The number of nitrogens with zero attached hydrogens (tertiary/aromatic N) is 3. The van der Waals surface area contributed by atoms with Crippen molar-refractivity contribution in [2.75, 3.05) is 10.5 Å². The maximum atomic E-state index is 15.2. The Morgan fingerprint density at radius 3 is 2.68 bits per heavy atom. The van der Waals surface area contributed by atoms with E-state index in [4.69, 9.17) is 5.73 Å². The highest BCUT2D eigenvalue weighted by atomic mass is 32.2. The van der Waals surface area contributed by atoms with Gasteiger partial charge >= 0.3 is 0 Å². The summed E-state index contributed by atoms with van der Waals surface area (Å²) in [6.45, 7) is 0. The van der Waals surface area contributed by atoms with Gasteiger partial charge in [-0.2, -0.15) is 0 Å². The lowest BCUT2D eigenvalue weighted by molar-refractivity contribution is 0.532. The van der Waals surface area contributed by atoms with Crippen LogP contribution in [0, 0.1) is 5.82 Å². The molecule has 0 atom stereocenters. The Kier molecular flexibility index (Phi) is 5.34. The molecule has 2 heterocycles. The number of halogens is 1. The smallest absolute Gasteiger partial charge is 0.147 e. The average molecular weight is 470 g/mol. The van der Waals surface area contributed by atoms with E-state index in [0.29, 0.717) is 17.5 Å². The third kappa shape index (κ3) is 3.66. The molecule has 1 aliphatic carbocycles. The Bertz CT molecular complexity index is 1500. The van der Waals surface area contributed by atoms with Crippen molar-refractivity contribution in [1.29, 1.82) is 0 Å². The second kappa shape index (κ2) is 8.65. The lowest BCUT2D eigenvalue weighted by Crippen LogP contribution is -2.04. The minimum Gasteiger partial charge on any atom is -0.383 e. The van der Waals surface area contributed by atoms with Gasteiger partial charge in [-0.25, -0.2) is 14.4 Å². The Balaban J connectivity index is 1.33. The van der Waals surface area contributed by atoms with Gasteiger partial charge in [0.15, 0.2) is 0 Å². The normalized spacial score (nSPS) is 14.3. The average Bonchev–Trinajstić information content (AvgIpc) is 3.52. The quantitative estimate of drug-likeness (QED) is 0.266.